The number of hydrogen-bond acceptors (Lipinski definition) is 3. The van der Waals surface area contributed by atoms with Crippen molar-refractivity contribution in [3.8, 4) is 0 Å². The predicted molar refractivity (Wildman–Crippen MR) is 74.0 cm³/mol. The highest BCUT2D eigenvalue weighted by molar-refractivity contribution is 7.89. The van der Waals surface area contributed by atoms with Crippen molar-refractivity contribution in [3.05, 3.63) is 28.5 Å². The van der Waals surface area contributed by atoms with E-state index in [2.05, 4.69) is 4.72 Å². The first kappa shape index (κ1) is 16.4. The molecule has 3 N–H and O–H groups in total. The Hall–Kier alpha value is -0.690. The van der Waals surface area contributed by atoms with Gasteiger partial charge in [0, 0.05) is 23.7 Å². The molecule has 7 heteroatoms. The summed E-state index contributed by atoms with van der Waals surface area (Å²) in [5.41, 5.74) is 5.44. The third kappa shape index (κ3) is 4.42. The minimum absolute atomic E-state index is 0.0847. The summed E-state index contributed by atoms with van der Waals surface area (Å²) in [6.07, 6.45) is 2.60. The van der Waals surface area contributed by atoms with E-state index in [4.69, 9.17) is 17.3 Å². The van der Waals surface area contributed by atoms with Crippen molar-refractivity contribution >= 4 is 21.6 Å². The number of unbranched alkanes of at least 4 members (excludes halogenated alkanes) is 2. The molecule has 0 radical (unpaired) electrons. The summed E-state index contributed by atoms with van der Waals surface area (Å²) in [5, 5.41) is 0.149. The van der Waals surface area contributed by atoms with Crippen LogP contribution in [0, 0.1) is 5.82 Å². The number of nitrogens with one attached hydrogen (secondary N) is 1. The Bertz CT molecular complexity index is 535. The molecular formula is C12H18ClFN2O2S. The Morgan fingerprint density at radius 1 is 1.37 bits per heavy atom. The summed E-state index contributed by atoms with van der Waals surface area (Å²) >= 11 is 5.78. The molecule has 0 saturated heterocycles. The molecule has 108 valence electrons. The molecule has 0 amide bonds. The summed E-state index contributed by atoms with van der Waals surface area (Å²) in [5.74, 6) is -0.838. The lowest BCUT2D eigenvalue weighted by Gasteiger charge is -2.10. The van der Waals surface area contributed by atoms with Gasteiger partial charge in [-0.25, -0.2) is 17.5 Å². The van der Waals surface area contributed by atoms with E-state index in [9.17, 15) is 12.8 Å². The lowest BCUT2D eigenvalue weighted by atomic mass is 10.2. The van der Waals surface area contributed by atoms with Gasteiger partial charge in [-0.3, -0.25) is 0 Å². The van der Waals surface area contributed by atoms with Gasteiger partial charge in [0.15, 0.2) is 0 Å². The smallest absolute Gasteiger partial charge is 0.243 e. The van der Waals surface area contributed by atoms with Crippen LogP contribution in [0.15, 0.2) is 17.0 Å². The SMILES string of the molecule is CCCCCNS(=O)(=O)c1cc(Cl)cc(CN)c1F. The number of halogens is 2. The molecule has 0 bridgehead atoms. The van der Waals surface area contributed by atoms with Gasteiger partial charge in [0.1, 0.15) is 10.7 Å². The highest BCUT2D eigenvalue weighted by atomic mass is 35.5. The number of benzene rings is 1. The van der Waals surface area contributed by atoms with Gasteiger partial charge in [-0.05, 0) is 18.6 Å². The minimum Gasteiger partial charge on any atom is -0.326 e. The fraction of sp³-hybridized carbons (Fsp3) is 0.500. The maximum atomic E-state index is 14.0. The van der Waals surface area contributed by atoms with Crippen molar-refractivity contribution in [3.63, 3.8) is 0 Å². The van der Waals surface area contributed by atoms with Gasteiger partial charge < -0.3 is 5.73 Å². The molecule has 4 nitrogen and oxygen atoms in total. The second-order valence-electron chi connectivity index (χ2n) is 4.19. The number of hydrogen-bond donors (Lipinski definition) is 2. The van der Waals surface area contributed by atoms with Crippen molar-refractivity contribution in [2.24, 2.45) is 5.73 Å². The van der Waals surface area contributed by atoms with Crippen molar-refractivity contribution in [1.29, 1.82) is 0 Å². The molecule has 0 unspecified atom stereocenters. The molecule has 0 aliphatic heterocycles. The van der Waals surface area contributed by atoms with Crippen LogP contribution in [0.5, 0.6) is 0 Å². The first-order valence-electron chi connectivity index (χ1n) is 6.10. The summed E-state index contributed by atoms with van der Waals surface area (Å²) in [4.78, 5) is -0.447. The Labute approximate surface area is 118 Å². The zero-order valence-corrected chi connectivity index (χ0v) is 12.3. The van der Waals surface area contributed by atoms with Crippen molar-refractivity contribution in [2.75, 3.05) is 6.54 Å². The topological polar surface area (TPSA) is 72.2 Å². The summed E-state index contributed by atoms with van der Waals surface area (Å²) in [6, 6.07) is 2.42. The number of rotatable bonds is 7. The van der Waals surface area contributed by atoms with Crippen LogP contribution in [-0.2, 0) is 16.6 Å². The largest absolute Gasteiger partial charge is 0.326 e. The van der Waals surface area contributed by atoms with Crippen LogP contribution >= 0.6 is 11.6 Å². The molecule has 0 spiro atoms. The first-order chi connectivity index (χ1) is 8.92. The van der Waals surface area contributed by atoms with Gasteiger partial charge in [-0.15, -0.1) is 0 Å². The number of nitrogens with two attached hydrogens (primary N) is 1. The van der Waals surface area contributed by atoms with Crippen molar-refractivity contribution in [1.82, 2.24) is 4.72 Å². The molecule has 0 aromatic heterocycles. The van der Waals surface area contributed by atoms with Crippen LogP contribution in [0.3, 0.4) is 0 Å². The number of sulfonamides is 1. The maximum Gasteiger partial charge on any atom is 0.243 e. The minimum atomic E-state index is -3.89. The van der Waals surface area contributed by atoms with Gasteiger partial charge in [-0.2, -0.15) is 0 Å². The van der Waals surface area contributed by atoms with E-state index < -0.39 is 20.7 Å². The molecule has 19 heavy (non-hydrogen) atoms. The first-order valence-corrected chi connectivity index (χ1v) is 7.96. The molecule has 0 aliphatic carbocycles. The molecule has 1 rings (SSSR count). The van der Waals surface area contributed by atoms with Gasteiger partial charge in [-0.1, -0.05) is 31.4 Å². The molecular weight excluding hydrogens is 291 g/mol. The summed E-state index contributed by atoms with van der Waals surface area (Å²) in [6.45, 7) is 2.18. The van der Waals surface area contributed by atoms with E-state index in [-0.39, 0.29) is 23.7 Å². The standard InChI is InChI=1S/C12H18ClFN2O2S/c1-2-3-4-5-16-19(17,18)11-7-10(13)6-9(8-15)12(11)14/h6-7,16H,2-5,8,15H2,1H3. The average Bonchev–Trinajstić information content (AvgIpc) is 2.37. The molecule has 1 aromatic carbocycles. The van der Waals surface area contributed by atoms with Gasteiger partial charge in [0.25, 0.3) is 0 Å². The van der Waals surface area contributed by atoms with Crippen LogP contribution in [0.1, 0.15) is 31.7 Å². The third-order valence-electron chi connectivity index (χ3n) is 2.66. The predicted octanol–water partition coefficient (Wildman–Crippen LogP) is 2.41. The Morgan fingerprint density at radius 3 is 2.63 bits per heavy atom. The Balaban J connectivity index is 2.98. The zero-order valence-electron chi connectivity index (χ0n) is 10.7. The zero-order chi connectivity index (χ0) is 14.5. The fourth-order valence-corrected chi connectivity index (χ4v) is 3.14. The van der Waals surface area contributed by atoms with Crippen molar-refractivity contribution in [2.45, 2.75) is 37.6 Å². The molecule has 0 aliphatic rings. The lowest BCUT2D eigenvalue weighted by Crippen LogP contribution is -2.26. The Kier molecular flexibility index (Phi) is 6.19. The summed E-state index contributed by atoms with van der Waals surface area (Å²) in [7, 11) is -3.89. The van der Waals surface area contributed by atoms with Crippen LogP contribution < -0.4 is 10.5 Å². The lowest BCUT2D eigenvalue weighted by molar-refractivity contribution is 0.547. The average molecular weight is 309 g/mol. The fourth-order valence-electron chi connectivity index (χ4n) is 1.62. The van der Waals surface area contributed by atoms with E-state index in [1.165, 1.54) is 6.07 Å². The second kappa shape index (κ2) is 7.19. The van der Waals surface area contributed by atoms with Crippen molar-refractivity contribution < 1.29 is 12.8 Å². The van der Waals surface area contributed by atoms with E-state index in [1.807, 2.05) is 6.92 Å². The molecule has 0 fully saturated rings. The molecule has 0 heterocycles. The van der Waals surface area contributed by atoms with E-state index in [1.54, 1.807) is 0 Å². The van der Waals surface area contributed by atoms with Crippen LogP contribution in [0.25, 0.3) is 0 Å². The molecule has 0 atom stereocenters. The Morgan fingerprint density at radius 2 is 2.05 bits per heavy atom. The normalized spacial score (nSPS) is 11.8. The summed E-state index contributed by atoms with van der Waals surface area (Å²) < 4.78 is 40.3. The van der Waals surface area contributed by atoms with E-state index in [0.717, 1.165) is 18.9 Å². The molecule has 0 saturated carbocycles. The van der Waals surface area contributed by atoms with Crippen LogP contribution in [0.4, 0.5) is 4.39 Å². The molecule has 1 aromatic rings. The second-order valence-corrected chi connectivity index (χ2v) is 6.36. The van der Waals surface area contributed by atoms with Gasteiger partial charge >= 0.3 is 0 Å². The highest BCUT2D eigenvalue weighted by Crippen LogP contribution is 2.23. The van der Waals surface area contributed by atoms with Gasteiger partial charge in [0.2, 0.25) is 10.0 Å². The maximum absolute atomic E-state index is 14.0. The van der Waals surface area contributed by atoms with Crippen LogP contribution in [-0.4, -0.2) is 15.0 Å². The highest BCUT2D eigenvalue weighted by Gasteiger charge is 2.21. The van der Waals surface area contributed by atoms with E-state index in [0.29, 0.717) is 6.42 Å². The monoisotopic (exact) mass is 308 g/mol. The van der Waals surface area contributed by atoms with Gasteiger partial charge in [0.05, 0.1) is 0 Å². The third-order valence-corrected chi connectivity index (χ3v) is 4.34. The van der Waals surface area contributed by atoms with E-state index >= 15 is 0 Å². The quantitative estimate of drug-likeness (QED) is 0.760. The van der Waals surface area contributed by atoms with Crippen LogP contribution in [0.2, 0.25) is 5.02 Å².